The molecule has 0 unspecified atom stereocenters. The number of carbonyl (C=O) groups excluding carboxylic acids is 2. The van der Waals surface area contributed by atoms with Crippen LogP contribution in [0.4, 0.5) is 11.4 Å². The fraction of sp³-hybridized carbons (Fsp3) is 0.222. The average molecular weight is 400 g/mol. The monoisotopic (exact) mass is 398 g/mol. The van der Waals surface area contributed by atoms with E-state index in [1.807, 2.05) is 19.9 Å². The standard InChI is InChI=1S/C18H17Cl3N2O2/c1-10-6-11(2)18(15(21)7-10)22-17(25)9-23(12(3)24)16-5-4-13(19)8-14(16)20/h4-8H,9H2,1-3H3,(H,22,25). The highest BCUT2D eigenvalue weighted by atomic mass is 35.5. The molecule has 2 aromatic rings. The average Bonchev–Trinajstić information content (AvgIpc) is 2.49. The molecule has 0 aliphatic heterocycles. The third-order valence-corrected chi connectivity index (χ3v) is 4.41. The first-order valence-electron chi connectivity index (χ1n) is 7.48. The number of halogens is 3. The predicted octanol–water partition coefficient (Wildman–Crippen LogP) is 5.26. The molecule has 2 aromatic carbocycles. The third kappa shape index (κ3) is 4.88. The van der Waals surface area contributed by atoms with Crippen molar-refractivity contribution in [1.82, 2.24) is 0 Å². The maximum absolute atomic E-state index is 12.4. The molecule has 132 valence electrons. The van der Waals surface area contributed by atoms with Crippen LogP contribution < -0.4 is 10.2 Å². The molecule has 7 heteroatoms. The van der Waals surface area contributed by atoms with E-state index in [2.05, 4.69) is 5.32 Å². The maximum Gasteiger partial charge on any atom is 0.244 e. The smallest absolute Gasteiger partial charge is 0.244 e. The Morgan fingerprint density at radius 1 is 1.04 bits per heavy atom. The van der Waals surface area contributed by atoms with Gasteiger partial charge in [-0.1, -0.05) is 40.9 Å². The predicted molar refractivity (Wildman–Crippen MR) is 104 cm³/mol. The van der Waals surface area contributed by atoms with Crippen LogP contribution in [0.15, 0.2) is 30.3 Å². The van der Waals surface area contributed by atoms with Crippen LogP contribution in [0.5, 0.6) is 0 Å². The third-order valence-electron chi connectivity index (χ3n) is 3.58. The number of benzene rings is 2. The van der Waals surface area contributed by atoms with Crippen molar-refractivity contribution in [1.29, 1.82) is 0 Å². The number of rotatable bonds is 4. The van der Waals surface area contributed by atoms with Crippen LogP contribution in [0.2, 0.25) is 15.1 Å². The van der Waals surface area contributed by atoms with Gasteiger partial charge in [0.2, 0.25) is 11.8 Å². The molecule has 0 radical (unpaired) electrons. The second kappa shape index (κ2) is 8.09. The van der Waals surface area contributed by atoms with Crippen LogP contribution in [0.3, 0.4) is 0 Å². The number of amides is 2. The zero-order valence-electron chi connectivity index (χ0n) is 14.0. The van der Waals surface area contributed by atoms with Crippen LogP contribution in [-0.4, -0.2) is 18.4 Å². The molecule has 0 aliphatic carbocycles. The SMILES string of the molecule is CC(=O)N(CC(=O)Nc1c(C)cc(C)cc1Cl)c1ccc(Cl)cc1Cl. The van der Waals surface area contributed by atoms with Gasteiger partial charge in [-0.3, -0.25) is 9.59 Å². The van der Waals surface area contributed by atoms with Crippen molar-refractivity contribution >= 4 is 58.0 Å². The molecule has 1 N–H and O–H groups in total. The van der Waals surface area contributed by atoms with Crippen molar-refractivity contribution in [3.8, 4) is 0 Å². The fourth-order valence-corrected chi connectivity index (χ4v) is 3.34. The van der Waals surface area contributed by atoms with Crippen molar-refractivity contribution < 1.29 is 9.59 Å². The molecule has 0 fully saturated rings. The lowest BCUT2D eigenvalue weighted by Gasteiger charge is -2.22. The van der Waals surface area contributed by atoms with Crippen molar-refractivity contribution in [2.75, 3.05) is 16.8 Å². The van der Waals surface area contributed by atoms with Crippen LogP contribution in [0, 0.1) is 13.8 Å². The Kier molecular flexibility index (Phi) is 6.33. The normalized spacial score (nSPS) is 10.5. The lowest BCUT2D eigenvalue weighted by molar-refractivity contribution is -0.120. The van der Waals surface area contributed by atoms with Gasteiger partial charge in [0.15, 0.2) is 0 Å². The highest BCUT2D eigenvalue weighted by Gasteiger charge is 2.19. The molecule has 0 aromatic heterocycles. The molecule has 0 aliphatic rings. The van der Waals surface area contributed by atoms with E-state index in [0.29, 0.717) is 26.4 Å². The molecular weight excluding hydrogens is 383 g/mol. The van der Waals surface area contributed by atoms with Gasteiger partial charge in [0.1, 0.15) is 6.54 Å². The summed E-state index contributed by atoms with van der Waals surface area (Å²) in [6.45, 7) is 4.94. The summed E-state index contributed by atoms with van der Waals surface area (Å²) >= 11 is 18.2. The Balaban J connectivity index is 2.23. The molecular formula is C18H17Cl3N2O2. The number of anilines is 2. The molecule has 0 saturated carbocycles. The number of hydrogen-bond acceptors (Lipinski definition) is 2. The molecule has 0 atom stereocenters. The van der Waals surface area contributed by atoms with Gasteiger partial charge in [-0.25, -0.2) is 0 Å². The van der Waals surface area contributed by atoms with Crippen molar-refractivity contribution in [3.05, 3.63) is 56.5 Å². The van der Waals surface area contributed by atoms with E-state index in [1.165, 1.54) is 17.9 Å². The van der Waals surface area contributed by atoms with Gasteiger partial charge >= 0.3 is 0 Å². The summed E-state index contributed by atoms with van der Waals surface area (Å²) in [6, 6.07) is 8.41. The van der Waals surface area contributed by atoms with Crippen molar-refractivity contribution in [2.24, 2.45) is 0 Å². The van der Waals surface area contributed by atoms with E-state index in [9.17, 15) is 9.59 Å². The first-order valence-corrected chi connectivity index (χ1v) is 8.62. The van der Waals surface area contributed by atoms with E-state index in [1.54, 1.807) is 18.2 Å². The second-order valence-corrected chi connectivity index (χ2v) is 6.94. The Bertz CT molecular complexity index is 814. The summed E-state index contributed by atoms with van der Waals surface area (Å²) in [7, 11) is 0. The molecule has 0 heterocycles. The Hall–Kier alpha value is -1.75. The molecule has 4 nitrogen and oxygen atoms in total. The summed E-state index contributed by atoms with van der Waals surface area (Å²) < 4.78 is 0. The Morgan fingerprint density at radius 2 is 1.72 bits per heavy atom. The summed E-state index contributed by atoms with van der Waals surface area (Å²) in [4.78, 5) is 25.7. The van der Waals surface area contributed by atoms with Gasteiger partial charge in [0.25, 0.3) is 0 Å². The number of hydrogen-bond donors (Lipinski definition) is 1. The quantitative estimate of drug-likeness (QED) is 0.763. The molecule has 0 spiro atoms. The van der Waals surface area contributed by atoms with E-state index in [-0.39, 0.29) is 18.4 Å². The summed E-state index contributed by atoms with van der Waals surface area (Å²) in [5, 5.41) is 3.95. The Labute approximate surface area is 161 Å². The maximum atomic E-state index is 12.4. The van der Waals surface area contributed by atoms with Crippen LogP contribution in [0.1, 0.15) is 18.1 Å². The first kappa shape index (κ1) is 19.6. The minimum atomic E-state index is -0.380. The van der Waals surface area contributed by atoms with Gasteiger partial charge in [0.05, 0.1) is 21.4 Å². The number of carbonyl (C=O) groups is 2. The zero-order valence-corrected chi connectivity index (χ0v) is 16.3. The second-order valence-electron chi connectivity index (χ2n) is 5.69. The molecule has 2 amide bonds. The molecule has 25 heavy (non-hydrogen) atoms. The van der Waals surface area contributed by atoms with E-state index < -0.39 is 0 Å². The summed E-state index contributed by atoms with van der Waals surface area (Å²) in [5.41, 5.74) is 2.79. The molecule has 0 saturated heterocycles. The minimum absolute atomic E-state index is 0.194. The lowest BCUT2D eigenvalue weighted by atomic mass is 10.1. The largest absolute Gasteiger partial charge is 0.323 e. The molecule has 0 bridgehead atoms. The Morgan fingerprint density at radius 3 is 2.28 bits per heavy atom. The highest BCUT2D eigenvalue weighted by Crippen LogP contribution is 2.30. The van der Waals surface area contributed by atoms with Gasteiger partial charge in [0, 0.05) is 11.9 Å². The van der Waals surface area contributed by atoms with Gasteiger partial charge in [-0.2, -0.15) is 0 Å². The van der Waals surface area contributed by atoms with E-state index in [4.69, 9.17) is 34.8 Å². The van der Waals surface area contributed by atoms with Gasteiger partial charge in [-0.05, 0) is 49.2 Å². The highest BCUT2D eigenvalue weighted by molar-refractivity contribution is 6.37. The zero-order chi connectivity index (χ0) is 18.7. The lowest BCUT2D eigenvalue weighted by Crippen LogP contribution is -2.37. The summed E-state index contributed by atoms with van der Waals surface area (Å²) in [6.07, 6.45) is 0. The van der Waals surface area contributed by atoms with Crippen LogP contribution in [-0.2, 0) is 9.59 Å². The van der Waals surface area contributed by atoms with E-state index >= 15 is 0 Å². The van der Waals surface area contributed by atoms with E-state index in [0.717, 1.165) is 11.1 Å². The van der Waals surface area contributed by atoms with Crippen LogP contribution in [0.25, 0.3) is 0 Å². The van der Waals surface area contributed by atoms with Gasteiger partial charge in [-0.15, -0.1) is 0 Å². The number of nitrogens with zero attached hydrogens (tertiary/aromatic N) is 1. The van der Waals surface area contributed by atoms with Crippen molar-refractivity contribution in [2.45, 2.75) is 20.8 Å². The topological polar surface area (TPSA) is 49.4 Å². The first-order chi connectivity index (χ1) is 11.7. The summed E-state index contributed by atoms with van der Waals surface area (Å²) in [5.74, 6) is -0.693. The number of nitrogens with one attached hydrogen (secondary N) is 1. The fourth-order valence-electron chi connectivity index (χ4n) is 2.46. The van der Waals surface area contributed by atoms with Gasteiger partial charge < -0.3 is 10.2 Å². The van der Waals surface area contributed by atoms with Crippen molar-refractivity contribution in [3.63, 3.8) is 0 Å². The molecule has 2 rings (SSSR count). The van der Waals surface area contributed by atoms with Crippen LogP contribution >= 0.6 is 34.8 Å². The number of aryl methyl sites for hydroxylation is 2. The minimum Gasteiger partial charge on any atom is -0.323 e.